The van der Waals surface area contributed by atoms with Gasteiger partial charge in [0.05, 0.1) is 12.4 Å². The predicted molar refractivity (Wildman–Crippen MR) is 84.9 cm³/mol. The Kier molecular flexibility index (Phi) is 5.30. The Bertz CT molecular complexity index is 725. The van der Waals surface area contributed by atoms with Gasteiger partial charge < -0.3 is 10.4 Å². The number of hydrogen-bond donors (Lipinski definition) is 2. The van der Waals surface area contributed by atoms with Crippen molar-refractivity contribution in [1.29, 1.82) is 0 Å². The van der Waals surface area contributed by atoms with Crippen LogP contribution in [-0.4, -0.2) is 25.2 Å². The molecule has 2 aromatic rings. The molecular formula is C16H17NO4S. The van der Waals surface area contributed by atoms with Crippen LogP contribution in [0.1, 0.15) is 11.1 Å². The standard InChI is InChI=1S/C16H17NO4S/c18-10-13-6-8-14(9-7-13)11-22(20,21)12-16(19)17-15-4-2-1-3-5-15/h1-9,18H,10-12H2,(H,17,19). The molecule has 0 unspecified atom stereocenters. The highest BCUT2D eigenvalue weighted by molar-refractivity contribution is 7.91. The van der Waals surface area contributed by atoms with Crippen LogP contribution < -0.4 is 5.32 Å². The number of carbonyl (C=O) groups excluding carboxylic acids is 1. The lowest BCUT2D eigenvalue weighted by Gasteiger charge is -2.07. The fourth-order valence-electron chi connectivity index (χ4n) is 1.96. The summed E-state index contributed by atoms with van der Waals surface area (Å²) in [4.78, 5) is 11.8. The average molecular weight is 319 g/mol. The third kappa shape index (κ3) is 4.98. The van der Waals surface area contributed by atoms with Crippen LogP contribution in [-0.2, 0) is 27.0 Å². The van der Waals surface area contributed by atoms with Crippen LogP contribution in [0.4, 0.5) is 5.69 Å². The van der Waals surface area contributed by atoms with Gasteiger partial charge in [-0.25, -0.2) is 8.42 Å². The van der Waals surface area contributed by atoms with Gasteiger partial charge in [0.2, 0.25) is 5.91 Å². The summed E-state index contributed by atoms with van der Waals surface area (Å²) in [6, 6.07) is 15.3. The molecule has 2 aromatic carbocycles. The third-order valence-corrected chi connectivity index (χ3v) is 4.48. The molecule has 0 atom stereocenters. The number of hydrogen-bond acceptors (Lipinski definition) is 4. The molecule has 22 heavy (non-hydrogen) atoms. The van der Waals surface area contributed by atoms with E-state index in [1.807, 2.05) is 6.07 Å². The molecule has 0 aliphatic heterocycles. The molecule has 116 valence electrons. The van der Waals surface area contributed by atoms with Gasteiger partial charge in [-0.15, -0.1) is 0 Å². The number of anilines is 1. The first kappa shape index (κ1) is 16.2. The molecule has 0 radical (unpaired) electrons. The van der Waals surface area contributed by atoms with E-state index in [9.17, 15) is 13.2 Å². The Hall–Kier alpha value is -2.18. The molecular weight excluding hydrogens is 302 g/mol. The molecule has 0 fully saturated rings. The van der Waals surface area contributed by atoms with Crippen LogP contribution in [0.3, 0.4) is 0 Å². The molecule has 1 amide bonds. The van der Waals surface area contributed by atoms with Crippen LogP contribution in [0.15, 0.2) is 54.6 Å². The van der Waals surface area contributed by atoms with Crippen molar-refractivity contribution in [2.24, 2.45) is 0 Å². The van der Waals surface area contributed by atoms with E-state index in [4.69, 9.17) is 5.11 Å². The maximum Gasteiger partial charge on any atom is 0.239 e. The first-order chi connectivity index (χ1) is 10.5. The van der Waals surface area contributed by atoms with E-state index in [-0.39, 0.29) is 12.4 Å². The maximum absolute atomic E-state index is 12.0. The third-order valence-electron chi connectivity index (χ3n) is 3.00. The van der Waals surface area contributed by atoms with Gasteiger partial charge in [0.25, 0.3) is 0 Å². The van der Waals surface area contributed by atoms with Gasteiger partial charge in [-0.1, -0.05) is 42.5 Å². The number of amides is 1. The van der Waals surface area contributed by atoms with Gasteiger partial charge in [0.15, 0.2) is 9.84 Å². The number of carbonyl (C=O) groups is 1. The van der Waals surface area contributed by atoms with Crippen LogP contribution in [0.5, 0.6) is 0 Å². The minimum absolute atomic E-state index is 0.0908. The molecule has 6 heteroatoms. The molecule has 0 saturated carbocycles. The first-order valence-electron chi connectivity index (χ1n) is 6.72. The Morgan fingerprint density at radius 3 is 2.14 bits per heavy atom. The Morgan fingerprint density at radius 1 is 0.955 bits per heavy atom. The van der Waals surface area contributed by atoms with Crippen molar-refractivity contribution in [2.45, 2.75) is 12.4 Å². The summed E-state index contributed by atoms with van der Waals surface area (Å²) in [5.74, 6) is -1.33. The van der Waals surface area contributed by atoms with Gasteiger partial charge >= 0.3 is 0 Å². The smallest absolute Gasteiger partial charge is 0.239 e. The molecule has 0 aliphatic rings. The van der Waals surface area contributed by atoms with E-state index in [1.54, 1.807) is 48.5 Å². The van der Waals surface area contributed by atoms with Crippen molar-refractivity contribution in [2.75, 3.05) is 11.1 Å². The summed E-state index contributed by atoms with van der Waals surface area (Å²) in [6.45, 7) is -0.0908. The van der Waals surface area contributed by atoms with Gasteiger partial charge in [0.1, 0.15) is 5.75 Å². The lowest BCUT2D eigenvalue weighted by atomic mass is 10.2. The summed E-state index contributed by atoms with van der Waals surface area (Å²) in [7, 11) is -3.55. The first-order valence-corrected chi connectivity index (χ1v) is 8.55. The Morgan fingerprint density at radius 2 is 1.55 bits per heavy atom. The highest BCUT2D eigenvalue weighted by Crippen LogP contribution is 2.10. The van der Waals surface area contributed by atoms with E-state index in [1.165, 1.54) is 0 Å². The van der Waals surface area contributed by atoms with Crippen molar-refractivity contribution >= 4 is 21.4 Å². The number of rotatable bonds is 6. The molecule has 5 nitrogen and oxygen atoms in total. The van der Waals surface area contributed by atoms with Gasteiger partial charge in [-0.2, -0.15) is 0 Å². The number of aliphatic hydroxyl groups excluding tert-OH is 1. The van der Waals surface area contributed by atoms with Gasteiger partial charge in [-0.3, -0.25) is 4.79 Å². The van der Waals surface area contributed by atoms with E-state index in [0.717, 1.165) is 0 Å². The fraction of sp³-hybridized carbons (Fsp3) is 0.188. The van der Waals surface area contributed by atoms with Crippen molar-refractivity contribution < 1.29 is 18.3 Å². The van der Waals surface area contributed by atoms with Crippen molar-refractivity contribution in [3.8, 4) is 0 Å². The maximum atomic E-state index is 12.0. The van der Waals surface area contributed by atoms with E-state index < -0.39 is 21.5 Å². The number of sulfone groups is 1. The molecule has 0 heterocycles. The second kappa shape index (κ2) is 7.20. The number of aliphatic hydroxyl groups is 1. The zero-order chi connectivity index (χ0) is 16.0. The highest BCUT2D eigenvalue weighted by Gasteiger charge is 2.17. The quantitative estimate of drug-likeness (QED) is 0.849. The largest absolute Gasteiger partial charge is 0.392 e. The summed E-state index contributed by atoms with van der Waals surface area (Å²) in [5, 5.41) is 11.5. The lowest BCUT2D eigenvalue weighted by Crippen LogP contribution is -2.23. The molecule has 0 aliphatic carbocycles. The number of para-hydroxylation sites is 1. The molecule has 0 bridgehead atoms. The zero-order valence-electron chi connectivity index (χ0n) is 11.9. The minimum atomic E-state index is -3.55. The summed E-state index contributed by atoms with van der Waals surface area (Å²) < 4.78 is 24.1. The molecule has 2 rings (SSSR count). The van der Waals surface area contributed by atoms with Gasteiger partial charge in [0, 0.05) is 5.69 Å². The summed E-state index contributed by atoms with van der Waals surface area (Å²) in [5.41, 5.74) is 1.86. The van der Waals surface area contributed by atoms with E-state index in [0.29, 0.717) is 16.8 Å². The average Bonchev–Trinajstić information content (AvgIpc) is 2.48. The predicted octanol–water partition coefficient (Wildman–Crippen LogP) is 1.73. The molecule has 2 N–H and O–H groups in total. The minimum Gasteiger partial charge on any atom is -0.392 e. The van der Waals surface area contributed by atoms with Crippen LogP contribution >= 0.6 is 0 Å². The van der Waals surface area contributed by atoms with Gasteiger partial charge in [-0.05, 0) is 23.3 Å². The number of nitrogens with one attached hydrogen (secondary N) is 1. The summed E-state index contributed by atoms with van der Waals surface area (Å²) >= 11 is 0. The van der Waals surface area contributed by atoms with Crippen molar-refractivity contribution in [1.82, 2.24) is 0 Å². The van der Waals surface area contributed by atoms with Crippen molar-refractivity contribution in [3.63, 3.8) is 0 Å². The molecule has 0 aromatic heterocycles. The molecule has 0 saturated heterocycles. The molecule has 0 spiro atoms. The van der Waals surface area contributed by atoms with E-state index >= 15 is 0 Å². The highest BCUT2D eigenvalue weighted by atomic mass is 32.2. The Balaban J connectivity index is 1.96. The zero-order valence-corrected chi connectivity index (χ0v) is 12.7. The second-order valence-electron chi connectivity index (χ2n) is 4.92. The topological polar surface area (TPSA) is 83.5 Å². The van der Waals surface area contributed by atoms with Crippen molar-refractivity contribution in [3.05, 3.63) is 65.7 Å². The second-order valence-corrected chi connectivity index (χ2v) is 6.99. The lowest BCUT2D eigenvalue weighted by molar-refractivity contribution is -0.113. The fourth-order valence-corrected chi connectivity index (χ4v) is 3.24. The normalized spacial score (nSPS) is 11.1. The van der Waals surface area contributed by atoms with E-state index in [2.05, 4.69) is 5.32 Å². The monoisotopic (exact) mass is 319 g/mol. The number of benzene rings is 2. The SMILES string of the molecule is O=C(CS(=O)(=O)Cc1ccc(CO)cc1)Nc1ccccc1. The van der Waals surface area contributed by atoms with Crippen LogP contribution in [0.2, 0.25) is 0 Å². The van der Waals surface area contributed by atoms with Crippen LogP contribution in [0.25, 0.3) is 0 Å². The van der Waals surface area contributed by atoms with Crippen LogP contribution in [0, 0.1) is 0 Å². The Labute approximate surface area is 129 Å². The summed E-state index contributed by atoms with van der Waals surface area (Å²) in [6.07, 6.45) is 0.